The molecule has 4 rings (SSSR count). The molecule has 2 atom stereocenters. The Hall–Kier alpha value is -3.90. The maximum absolute atomic E-state index is 14.0. The lowest BCUT2D eigenvalue weighted by Gasteiger charge is -2.21. The minimum absolute atomic E-state index is 0.0923. The van der Waals surface area contributed by atoms with Crippen LogP contribution in [0, 0.1) is 0 Å². The van der Waals surface area contributed by atoms with Crippen LogP contribution in [-0.2, 0) is 11.2 Å². The molecule has 0 amide bonds. The van der Waals surface area contributed by atoms with E-state index >= 15 is 0 Å². The highest BCUT2D eigenvalue weighted by atomic mass is 32.1. The molecule has 12 heteroatoms. The SMILES string of the molecule is Nc1nc(OC(c2sccc2-c2ccco2)C(F)(F)F)cc(-c2ccc(C[C@H](N)C(=O)O)cc2)n1. The van der Waals surface area contributed by atoms with Gasteiger partial charge in [0.15, 0.2) is 0 Å². The fourth-order valence-corrected chi connectivity index (χ4v) is 4.30. The normalized spacial score (nSPS) is 13.4. The second-order valence-corrected chi connectivity index (χ2v) is 8.46. The third-order valence-electron chi connectivity index (χ3n) is 5.00. The summed E-state index contributed by atoms with van der Waals surface area (Å²) < 4.78 is 52.7. The monoisotopic (exact) mass is 504 g/mol. The largest absolute Gasteiger partial charge is 0.480 e. The van der Waals surface area contributed by atoms with Crippen LogP contribution in [0.5, 0.6) is 5.88 Å². The second kappa shape index (κ2) is 9.76. The number of ether oxygens (including phenoxy) is 1. The van der Waals surface area contributed by atoms with Crippen molar-refractivity contribution in [2.75, 3.05) is 5.73 Å². The Morgan fingerprint density at radius 2 is 1.91 bits per heavy atom. The minimum Gasteiger partial charge on any atom is -0.480 e. The van der Waals surface area contributed by atoms with E-state index in [0.717, 1.165) is 11.3 Å². The summed E-state index contributed by atoms with van der Waals surface area (Å²) in [5.41, 5.74) is 13.0. The van der Waals surface area contributed by atoms with E-state index in [9.17, 15) is 18.0 Å². The molecule has 0 aliphatic rings. The second-order valence-electron chi connectivity index (χ2n) is 7.51. The maximum atomic E-state index is 14.0. The van der Waals surface area contributed by atoms with E-state index in [1.807, 2.05) is 0 Å². The summed E-state index contributed by atoms with van der Waals surface area (Å²) in [5, 5.41) is 10.5. The highest BCUT2D eigenvalue weighted by molar-refractivity contribution is 7.10. The van der Waals surface area contributed by atoms with Gasteiger partial charge >= 0.3 is 12.1 Å². The molecule has 1 unspecified atom stereocenters. The Labute approximate surface area is 201 Å². The molecule has 0 aliphatic heterocycles. The first-order chi connectivity index (χ1) is 16.6. The molecule has 35 heavy (non-hydrogen) atoms. The predicted molar refractivity (Wildman–Crippen MR) is 123 cm³/mol. The van der Waals surface area contributed by atoms with Gasteiger partial charge < -0.3 is 25.7 Å². The number of hydrogen-bond acceptors (Lipinski definition) is 8. The number of alkyl halides is 3. The van der Waals surface area contributed by atoms with Crippen molar-refractivity contribution in [2.45, 2.75) is 24.7 Å². The van der Waals surface area contributed by atoms with E-state index in [2.05, 4.69) is 9.97 Å². The van der Waals surface area contributed by atoms with Crippen LogP contribution < -0.4 is 16.2 Å². The van der Waals surface area contributed by atoms with Gasteiger partial charge in [-0.3, -0.25) is 4.79 Å². The van der Waals surface area contributed by atoms with E-state index in [4.69, 9.17) is 25.7 Å². The lowest BCUT2D eigenvalue weighted by Crippen LogP contribution is -2.32. The number of anilines is 1. The van der Waals surface area contributed by atoms with Gasteiger partial charge in [0.1, 0.15) is 11.8 Å². The standard InChI is InChI=1S/C23H19F3N4O4S/c24-23(25,26)20(19-14(7-9-35-19)17-2-1-8-33-17)34-18-11-16(29-22(28)30-18)13-5-3-12(4-6-13)10-15(27)21(31)32/h1-9,11,15,20H,10,27H2,(H,31,32)(H2,28,29,30)/t15-,20?/m0/s1. The van der Waals surface area contributed by atoms with Crippen molar-refractivity contribution in [1.82, 2.24) is 9.97 Å². The number of hydrogen-bond donors (Lipinski definition) is 3. The van der Waals surface area contributed by atoms with Gasteiger partial charge in [-0.15, -0.1) is 11.3 Å². The van der Waals surface area contributed by atoms with Crippen LogP contribution in [0.15, 0.2) is 64.6 Å². The molecule has 0 saturated heterocycles. The number of carboxylic acid groups (broad SMARTS) is 1. The summed E-state index contributed by atoms with van der Waals surface area (Å²) in [4.78, 5) is 18.8. The summed E-state index contributed by atoms with van der Waals surface area (Å²) in [6.07, 6.45) is -5.58. The van der Waals surface area contributed by atoms with Crippen molar-refractivity contribution < 1.29 is 32.2 Å². The molecule has 0 fully saturated rings. The van der Waals surface area contributed by atoms with Gasteiger partial charge in [-0.1, -0.05) is 24.3 Å². The Kier molecular flexibility index (Phi) is 6.76. The number of halogens is 3. The van der Waals surface area contributed by atoms with Crippen molar-refractivity contribution in [3.8, 4) is 28.5 Å². The minimum atomic E-state index is -4.75. The smallest absolute Gasteiger partial charge is 0.430 e. The Bertz CT molecular complexity index is 1310. The van der Waals surface area contributed by atoms with Crippen LogP contribution in [0.3, 0.4) is 0 Å². The number of aliphatic carboxylic acids is 1. The molecule has 8 nitrogen and oxygen atoms in total. The van der Waals surface area contributed by atoms with Crippen molar-refractivity contribution in [3.63, 3.8) is 0 Å². The molecule has 1 aromatic carbocycles. The van der Waals surface area contributed by atoms with Crippen LogP contribution in [0.1, 0.15) is 16.5 Å². The van der Waals surface area contributed by atoms with Crippen molar-refractivity contribution >= 4 is 23.3 Å². The molecule has 3 aromatic heterocycles. The number of furan rings is 1. The highest BCUT2D eigenvalue weighted by Gasteiger charge is 2.45. The number of nitrogens with zero attached hydrogens (tertiary/aromatic N) is 2. The molecule has 3 heterocycles. The number of carboxylic acids is 1. The van der Waals surface area contributed by atoms with E-state index in [1.54, 1.807) is 36.4 Å². The van der Waals surface area contributed by atoms with E-state index < -0.39 is 24.3 Å². The van der Waals surface area contributed by atoms with Crippen LogP contribution in [0.25, 0.3) is 22.6 Å². The zero-order valence-corrected chi connectivity index (χ0v) is 18.7. The zero-order chi connectivity index (χ0) is 25.2. The number of aromatic nitrogens is 2. The molecule has 0 bridgehead atoms. The number of benzene rings is 1. The molecular weight excluding hydrogens is 485 g/mol. The Balaban J connectivity index is 1.63. The first-order valence-corrected chi connectivity index (χ1v) is 11.1. The van der Waals surface area contributed by atoms with Crippen LogP contribution in [0.2, 0.25) is 0 Å². The van der Waals surface area contributed by atoms with Crippen LogP contribution in [0.4, 0.5) is 19.1 Å². The van der Waals surface area contributed by atoms with Gasteiger partial charge in [-0.25, -0.2) is 4.98 Å². The van der Waals surface area contributed by atoms with Gasteiger partial charge in [0.25, 0.3) is 0 Å². The topological polar surface area (TPSA) is 137 Å². The summed E-state index contributed by atoms with van der Waals surface area (Å²) >= 11 is 0.883. The van der Waals surface area contributed by atoms with Gasteiger partial charge in [0, 0.05) is 17.2 Å². The van der Waals surface area contributed by atoms with Crippen molar-refractivity contribution in [3.05, 3.63) is 70.6 Å². The zero-order valence-electron chi connectivity index (χ0n) is 17.9. The summed E-state index contributed by atoms with van der Waals surface area (Å²) in [5.74, 6) is -1.47. The quantitative estimate of drug-likeness (QED) is 0.314. The molecule has 0 saturated carbocycles. The average Bonchev–Trinajstić information content (AvgIpc) is 3.48. The Morgan fingerprint density at radius 1 is 1.17 bits per heavy atom. The average molecular weight is 504 g/mol. The molecule has 5 N–H and O–H groups in total. The van der Waals surface area contributed by atoms with Crippen molar-refractivity contribution in [1.29, 1.82) is 0 Å². The summed E-state index contributed by atoms with van der Waals surface area (Å²) in [6.45, 7) is 0. The lowest BCUT2D eigenvalue weighted by molar-refractivity contribution is -0.197. The lowest BCUT2D eigenvalue weighted by atomic mass is 10.0. The van der Waals surface area contributed by atoms with Crippen molar-refractivity contribution in [2.24, 2.45) is 5.73 Å². The Morgan fingerprint density at radius 3 is 2.54 bits per heavy atom. The van der Waals surface area contributed by atoms with Crippen LogP contribution in [-0.4, -0.2) is 33.3 Å². The van der Waals surface area contributed by atoms with E-state index in [-0.39, 0.29) is 40.1 Å². The molecular formula is C23H19F3N4O4S. The van der Waals surface area contributed by atoms with Crippen LogP contribution >= 0.6 is 11.3 Å². The summed E-state index contributed by atoms with van der Waals surface area (Å²) in [7, 11) is 0. The number of nitrogen functional groups attached to an aromatic ring is 1. The predicted octanol–water partition coefficient (Wildman–Crippen LogP) is 4.68. The fourth-order valence-electron chi connectivity index (χ4n) is 3.35. The third-order valence-corrected chi connectivity index (χ3v) is 5.96. The molecule has 4 aromatic rings. The first-order valence-electron chi connectivity index (χ1n) is 10.2. The van der Waals surface area contributed by atoms with Gasteiger partial charge in [0.05, 0.1) is 16.8 Å². The summed E-state index contributed by atoms with van der Waals surface area (Å²) in [6, 6.07) is 11.4. The maximum Gasteiger partial charge on any atom is 0.430 e. The first kappa shape index (κ1) is 24.2. The highest BCUT2D eigenvalue weighted by Crippen LogP contribution is 2.43. The van der Waals surface area contributed by atoms with E-state index in [1.165, 1.54) is 23.8 Å². The van der Waals surface area contributed by atoms with Gasteiger partial charge in [-0.05, 0) is 35.6 Å². The third kappa shape index (κ3) is 5.61. The molecule has 0 aliphatic carbocycles. The number of carbonyl (C=O) groups is 1. The fraction of sp³-hybridized carbons (Fsp3) is 0.174. The van der Waals surface area contributed by atoms with Gasteiger partial charge in [0.2, 0.25) is 17.9 Å². The molecule has 0 spiro atoms. The number of nitrogens with two attached hydrogens (primary N) is 2. The van der Waals surface area contributed by atoms with E-state index in [0.29, 0.717) is 11.1 Å². The van der Waals surface area contributed by atoms with Gasteiger partial charge in [-0.2, -0.15) is 18.2 Å². The number of thiophene rings is 1. The molecule has 182 valence electrons. The number of rotatable bonds is 8. The molecule has 0 radical (unpaired) electrons.